The van der Waals surface area contributed by atoms with Crippen molar-refractivity contribution >= 4 is 35.0 Å². The second-order valence-electron chi connectivity index (χ2n) is 5.57. The van der Waals surface area contributed by atoms with Gasteiger partial charge in [-0.15, -0.1) is 0 Å². The fraction of sp³-hybridized carbons (Fsp3) is 0.222. The van der Waals surface area contributed by atoms with E-state index in [4.69, 9.17) is 32.7 Å². The maximum absolute atomic E-state index is 12.2. The van der Waals surface area contributed by atoms with Crippen molar-refractivity contribution in [1.82, 2.24) is 10.9 Å². The Balaban J connectivity index is 1.99. The highest BCUT2D eigenvalue weighted by Gasteiger charge is 2.14. The first-order valence-electron chi connectivity index (χ1n) is 7.72. The van der Waals surface area contributed by atoms with E-state index < -0.39 is 11.8 Å². The standard InChI is InChI=1S/C18H18Cl2N2O4/c1-10(2)26-13-6-4-11(5-7-13)17(23)21-22-18(24)12-8-14(19)16(25-3)15(20)9-12/h4-10H,1-3H3,(H,21,23)(H,22,24). The first kappa shape index (κ1) is 19.9. The first-order chi connectivity index (χ1) is 12.3. The van der Waals surface area contributed by atoms with Crippen molar-refractivity contribution in [2.45, 2.75) is 20.0 Å². The molecule has 2 rings (SSSR count). The van der Waals surface area contributed by atoms with Crippen LogP contribution in [0, 0.1) is 0 Å². The number of carbonyl (C=O) groups is 2. The lowest BCUT2D eigenvalue weighted by Gasteiger charge is -2.11. The van der Waals surface area contributed by atoms with E-state index in [-0.39, 0.29) is 27.5 Å². The molecule has 8 heteroatoms. The second kappa shape index (κ2) is 8.78. The molecule has 0 saturated heterocycles. The smallest absolute Gasteiger partial charge is 0.269 e. The lowest BCUT2D eigenvalue weighted by molar-refractivity contribution is 0.0846. The van der Waals surface area contributed by atoms with E-state index in [2.05, 4.69) is 10.9 Å². The summed E-state index contributed by atoms with van der Waals surface area (Å²) >= 11 is 12.0. The molecular formula is C18H18Cl2N2O4. The fourth-order valence-electron chi connectivity index (χ4n) is 2.10. The Morgan fingerprint density at radius 1 is 0.923 bits per heavy atom. The second-order valence-corrected chi connectivity index (χ2v) is 6.39. The number of methoxy groups -OCH3 is 1. The Morgan fingerprint density at radius 2 is 1.42 bits per heavy atom. The van der Waals surface area contributed by atoms with Gasteiger partial charge in [0, 0.05) is 11.1 Å². The molecule has 2 aromatic carbocycles. The molecule has 0 unspecified atom stereocenters. The highest BCUT2D eigenvalue weighted by Crippen LogP contribution is 2.33. The summed E-state index contributed by atoms with van der Waals surface area (Å²) in [4.78, 5) is 24.3. The molecule has 0 aromatic heterocycles. The zero-order chi connectivity index (χ0) is 19.3. The molecule has 2 aromatic rings. The Bertz CT molecular complexity index is 784. The third-order valence-corrected chi connectivity index (χ3v) is 3.80. The molecule has 6 nitrogen and oxygen atoms in total. The van der Waals surface area contributed by atoms with Crippen molar-refractivity contribution in [3.8, 4) is 11.5 Å². The van der Waals surface area contributed by atoms with Gasteiger partial charge in [-0.1, -0.05) is 23.2 Å². The number of nitrogens with one attached hydrogen (secondary N) is 2. The van der Waals surface area contributed by atoms with Crippen molar-refractivity contribution in [1.29, 1.82) is 0 Å². The van der Waals surface area contributed by atoms with Crippen LogP contribution in [0.1, 0.15) is 34.6 Å². The van der Waals surface area contributed by atoms with E-state index in [0.29, 0.717) is 11.3 Å². The maximum Gasteiger partial charge on any atom is 0.269 e. The van der Waals surface area contributed by atoms with Crippen LogP contribution in [-0.4, -0.2) is 25.0 Å². The normalized spacial score (nSPS) is 10.4. The summed E-state index contributed by atoms with van der Waals surface area (Å²) in [5, 5.41) is 0.384. The zero-order valence-electron chi connectivity index (χ0n) is 14.4. The van der Waals surface area contributed by atoms with E-state index in [1.54, 1.807) is 24.3 Å². The summed E-state index contributed by atoms with van der Waals surface area (Å²) in [5.74, 6) is -0.106. The molecule has 0 heterocycles. The predicted molar refractivity (Wildman–Crippen MR) is 100 cm³/mol. The minimum Gasteiger partial charge on any atom is -0.494 e. The van der Waals surface area contributed by atoms with E-state index >= 15 is 0 Å². The topological polar surface area (TPSA) is 76.7 Å². The molecule has 0 aliphatic rings. The minimum absolute atomic E-state index is 0.0390. The van der Waals surface area contributed by atoms with Crippen LogP contribution in [0.4, 0.5) is 0 Å². The lowest BCUT2D eigenvalue weighted by Crippen LogP contribution is -2.41. The van der Waals surface area contributed by atoms with Crippen LogP contribution in [0.2, 0.25) is 10.0 Å². The average molecular weight is 397 g/mol. The highest BCUT2D eigenvalue weighted by atomic mass is 35.5. The number of hydrazine groups is 1. The molecule has 0 atom stereocenters. The van der Waals surface area contributed by atoms with Gasteiger partial charge in [0.2, 0.25) is 0 Å². The summed E-state index contributed by atoms with van der Waals surface area (Å²) in [6.45, 7) is 3.82. The van der Waals surface area contributed by atoms with Crippen LogP contribution in [0.25, 0.3) is 0 Å². The molecule has 2 N–H and O–H groups in total. The molecule has 0 radical (unpaired) electrons. The van der Waals surface area contributed by atoms with Crippen LogP contribution in [0.5, 0.6) is 11.5 Å². The van der Waals surface area contributed by atoms with Crippen LogP contribution in [0.15, 0.2) is 36.4 Å². The number of benzene rings is 2. The summed E-state index contributed by atoms with van der Waals surface area (Å²) in [7, 11) is 1.42. The lowest BCUT2D eigenvalue weighted by atomic mass is 10.2. The number of amides is 2. The number of rotatable bonds is 5. The minimum atomic E-state index is -0.565. The first-order valence-corrected chi connectivity index (χ1v) is 8.48. The van der Waals surface area contributed by atoms with Gasteiger partial charge in [0.05, 0.1) is 23.3 Å². The van der Waals surface area contributed by atoms with Crippen LogP contribution >= 0.6 is 23.2 Å². The van der Waals surface area contributed by atoms with Gasteiger partial charge in [0.25, 0.3) is 11.8 Å². The monoisotopic (exact) mass is 396 g/mol. The molecule has 0 saturated carbocycles. The molecule has 138 valence electrons. The molecule has 0 bridgehead atoms. The maximum atomic E-state index is 12.2. The van der Waals surface area contributed by atoms with Gasteiger partial charge in [-0.25, -0.2) is 0 Å². The SMILES string of the molecule is COc1c(Cl)cc(C(=O)NNC(=O)c2ccc(OC(C)C)cc2)cc1Cl. The number of hydrogen-bond acceptors (Lipinski definition) is 4. The zero-order valence-corrected chi connectivity index (χ0v) is 15.9. The molecule has 26 heavy (non-hydrogen) atoms. The van der Waals surface area contributed by atoms with Crippen molar-refractivity contribution < 1.29 is 19.1 Å². The summed E-state index contributed by atoms with van der Waals surface area (Å²) in [6.07, 6.45) is 0.0390. The number of ether oxygens (including phenoxy) is 2. The molecule has 0 aliphatic heterocycles. The Labute approximate surface area is 161 Å². The van der Waals surface area contributed by atoms with Gasteiger partial charge in [-0.2, -0.15) is 0 Å². The van der Waals surface area contributed by atoms with Gasteiger partial charge in [0.15, 0.2) is 5.75 Å². The number of halogens is 2. The van der Waals surface area contributed by atoms with Gasteiger partial charge in [-0.3, -0.25) is 20.4 Å². The van der Waals surface area contributed by atoms with E-state index in [1.807, 2.05) is 13.8 Å². The molecule has 2 amide bonds. The number of hydrogen-bond donors (Lipinski definition) is 2. The summed E-state index contributed by atoms with van der Waals surface area (Å²) in [5.41, 5.74) is 5.19. The van der Waals surface area contributed by atoms with E-state index in [9.17, 15) is 9.59 Å². The Morgan fingerprint density at radius 3 is 1.88 bits per heavy atom. The Hall–Kier alpha value is -2.44. The van der Waals surface area contributed by atoms with Gasteiger partial charge >= 0.3 is 0 Å². The number of carbonyl (C=O) groups excluding carboxylic acids is 2. The average Bonchev–Trinajstić information content (AvgIpc) is 2.59. The fourth-order valence-corrected chi connectivity index (χ4v) is 2.74. The largest absolute Gasteiger partial charge is 0.494 e. The molecule has 0 fully saturated rings. The third-order valence-electron chi connectivity index (χ3n) is 3.24. The van der Waals surface area contributed by atoms with Crippen molar-refractivity contribution in [2.75, 3.05) is 7.11 Å². The van der Waals surface area contributed by atoms with E-state index in [1.165, 1.54) is 19.2 Å². The van der Waals surface area contributed by atoms with Gasteiger partial charge in [0.1, 0.15) is 5.75 Å². The van der Waals surface area contributed by atoms with Crippen LogP contribution in [-0.2, 0) is 0 Å². The van der Waals surface area contributed by atoms with Gasteiger partial charge < -0.3 is 9.47 Å². The van der Waals surface area contributed by atoms with Crippen LogP contribution < -0.4 is 20.3 Å². The van der Waals surface area contributed by atoms with Crippen LogP contribution in [0.3, 0.4) is 0 Å². The predicted octanol–water partition coefficient (Wildman–Crippen LogP) is 3.86. The Kier molecular flexibility index (Phi) is 6.71. The quantitative estimate of drug-likeness (QED) is 0.752. The van der Waals surface area contributed by atoms with E-state index in [0.717, 1.165) is 0 Å². The third kappa shape index (κ3) is 5.03. The summed E-state index contributed by atoms with van der Waals surface area (Å²) < 4.78 is 10.5. The highest BCUT2D eigenvalue weighted by molar-refractivity contribution is 6.37. The molecule has 0 spiro atoms. The van der Waals surface area contributed by atoms with Crippen molar-refractivity contribution in [3.63, 3.8) is 0 Å². The molecular weight excluding hydrogens is 379 g/mol. The van der Waals surface area contributed by atoms with Gasteiger partial charge in [-0.05, 0) is 50.2 Å². The van der Waals surface area contributed by atoms with Crippen molar-refractivity contribution in [3.05, 3.63) is 57.6 Å². The molecule has 0 aliphatic carbocycles. The van der Waals surface area contributed by atoms with Crippen molar-refractivity contribution in [2.24, 2.45) is 0 Å². The summed E-state index contributed by atoms with van der Waals surface area (Å²) in [6, 6.07) is 9.35.